The number of benzene rings is 9. The van der Waals surface area contributed by atoms with Gasteiger partial charge in [-0.05, 0) is 123 Å². The summed E-state index contributed by atoms with van der Waals surface area (Å²) in [7, 11) is 10.1. The van der Waals surface area contributed by atoms with E-state index < -0.39 is 0 Å². The fourth-order valence-corrected chi connectivity index (χ4v) is 10.1. The van der Waals surface area contributed by atoms with E-state index in [0.29, 0.717) is 19.8 Å². The predicted molar refractivity (Wildman–Crippen MR) is 359 cm³/mol. The van der Waals surface area contributed by atoms with Crippen molar-refractivity contribution in [3.63, 3.8) is 0 Å². The molecule has 10 heteroatoms. The number of para-hydroxylation sites is 6. The molecular formula is C78H89NO9. The number of methoxy groups -OCH3 is 6. The molecule has 0 saturated heterocycles. The topological polar surface area (TPSA) is 95.4 Å². The van der Waals surface area contributed by atoms with E-state index in [9.17, 15) is 0 Å². The number of nitrogens with zero attached hydrogens (tertiary/aromatic N) is 1. The van der Waals surface area contributed by atoms with Gasteiger partial charge in [-0.2, -0.15) is 0 Å². The molecule has 0 aliphatic rings. The molecule has 0 amide bonds. The molecule has 0 spiro atoms. The Balaban J connectivity index is 0.000000194. The van der Waals surface area contributed by atoms with Gasteiger partial charge in [0.05, 0.1) is 42.7 Å². The summed E-state index contributed by atoms with van der Waals surface area (Å²) < 4.78 is 51.4. The molecule has 9 aromatic rings. The van der Waals surface area contributed by atoms with E-state index in [4.69, 9.17) is 42.6 Å². The van der Waals surface area contributed by atoms with Crippen LogP contribution in [-0.4, -0.2) is 48.9 Å². The number of rotatable bonds is 21. The zero-order valence-corrected chi connectivity index (χ0v) is 54.2. The van der Waals surface area contributed by atoms with Gasteiger partial charge in [0.15, 0.2) is 11.5 Å². The van der Waals surface area contributed by atoms with Crippen molar-refractivity contribution in [2.75, 3.05) is 42.7 Å². The minimum absolute atomic E-state index is 0.0101. The van der Waals surface area contributed by atoms with E-state index >= 15 is 0 Å². The van der Waals surface area contributed by atoms with Crippen molar-refractivity contribution < 1.29 is 42.6 Å². The van der Waals surface area contributed by atoms with Gasteiger partial charge < -0.3 is 42.6 Å². The van der Waals surface area contributed by atoms with Crippen molar-refractivity contribution in [2.45, 2.75) is 111 Å². The zero-order chi connectivity index (χ0) is 63.3. The van der Waals surface area contributed by atoms with Gasteiger partial charge in [-0.1, -0.05) is 202 Å². The van der Waals surface area contributed by atoms with Crippen LogP contribution in [-0.2, 0) is 42.5 Å². The maximum atomic E-state index is 6.68. The summed E-state index contributed by atoms with van der Waals surface area (Å²) in [5, 5.41) is 0. The molecule has 0 saturated carbocycles. The van der Waals surface area contributed by atoms with Gasteiger partial charge in [-0.25, -0.2) is 0 Å². The summed E-state index contributed by atoms with van der Waals surface area (Å²) in [5.41, 5.74) is 11.9. The largest absolute Gasteiger partial charge is 0.497 e. The molecule has 0 fully saturated rings. The standard InChI is InChI=1S/C33H36O3.C26H29NO3.C19H24O3/c1-33(2,3)30-16-11-15-28(32(30)36-23-24-18-20-27(34-4)21-19-24)29(25-12-7-6-8-13-25)22-26-14-9-10-17-31(26)35-5;1-26(2,3)22-10-8-9-20(17-27-23-11-6-7-12-24(23)29-5)25(22)30-18-19-13-15-21(28-4)16-14-19;1-19(2,3)16-7-6-8-17(21-5)18(16)22-13-14-9-11-15(20-4)12-10-14/h6-21,29H,22-23H2,1-5H3;6-17H,18H2,1-5H3;6-12H,13H2,1-5H3. The zero-order valence-electron chi connectivity index (χ0n) is 54.2. The molecule has 0 radical (unpaired) electrons. The van der Waals surface area contributed by atoms with Crippen LogP contribution < -0.4 is 42.6 Å². The Morgan fingerprint density at radius 1 is 0.352 bits per heavy atom. The first-order valence-corrected chi connectivity index (χ1v) is 29.8. The summed E-state index contributed by atoms with van der Waals surface area (Å²) in [6.07, 6.45) is 2.65. The third kappa shape index (κ3) is 18.4. The Kier molecular flexibility index (Phi) is 23.7. The summed E-state index contributed by atoms with van der Waals surface area (Å²) in [4.78, 5) is 4.66. The molecule has 460 valence electrons. The second kappa shape index (κ2) is 31.5. The molecular weight excluding hydrogens is 1090 g/mol. The van der Waals surface area contributed by atoms with E-state index in [1.165, 1.54) is 22.3 Å². The molecule has 0 heterocycles. The lowest BCUT2D eigenvalue weighted by Crippen LogP contribution is -2.17. The van der Waals surface area contributed by atoms with E-state index in [0.717, 1.165) is 97.2 Å². The maximum Gasteiger partial charge on any atom is 0.165 e. The second-order valence-corrected chi connectivity index (χ2v) is 24.4. The third-order valence-electron chi connectivity index (χ3n) is 15.0. The summed E-state index contributed by atoms with van der Waals surface area (Å²) in [6.45, 7) is 21.2. The molecule has 0 aliphatic heterocycles. The summed E-state index contributed by atoms with van der Waals surface area (Å²) in [6, 6.07) is 69.3. The lowest BCUT2D eigenvalue weighted by atomic mass is 9.80. The summed E-state index contributed by atoms with van der Waals surface area (Å²) in [5.74, 6) is 7.66. The molecule has 9 rings (SSSR count). The molecule has 9 aromatic carbocycles. The van der Waals surface area contributed by atoms with Gasteiger partial charge in [-0.15, -0.1) is 0 Å². The minimum Gasteiger partial charge on any atom is -0.497 e. The van der Waals surface area contributed by atoms with Crippen molar-refractivity contribution in [3.05, 3.63) is 262 Å². The summed E-state index contributed by atoms with van der Waals surface area (Å²) >= 11 is 0. The molecule has 10 nitrogen and oxygen atoms in total. The number of hydrogen-bond acceptors (Lipinski definition) is 10. The van der Waals surface area contributed by atoms with Gasteiger partial charge in [-0.3, -0.25) is 4.99 Å². The van der Waals surface area contributed by atoms with E-state index in [1.54, 1.807) is 42.7 Å². The van der Waals surface area contributed by atoms with Gasteiger partial charge in [0.1, 0.15) is 65.8 Å². The SMILES string of the molecule is COc1ccc(COc2c(C(Cc3ccccc3OC)c3ccccc3)cccc2C(C)(C)C)cc1.COc1ccc(COc2c(C=Nc3ccccc3OC)cccc2C(C)(C)C)cc1.COc1ccc(COc2c(OC)cccc2C(C)(C)C)cc1. The van der Waals surface area contributed by atoms with E-state index in [1.807, 2.05) is 128 Å². The number of aliphatic imine (C=N–C) groups is 1. The van der Waals surface area contributed by atoms with Crippen LogP contribution in [0.5, 0.6) is 51.7 Å². The van der Waals surface area contributed by atoms with Gasteiger partial charge in [0.2, 0.25) is 0 Å². The van der Waals surface area contributed by atoms with Crippen LogP contribution in [0, 0.1) is 0 Å². The Hall–Kier alpha value is -9.15. The monoisotopic (exact) mass is 1180 g/mol. The Labute approximate surface area is 524 Å². The van der Waals surface area contributed by atoms with Crippen molar-refractivity contribution >= 4 is 11.9 Å². The van der Waals surface area contributed by atoms with Crippen LogP contribution in [0.25, 0.3) is 0 Å². The third-order valence-corrected chi connectivity index (χ3v) is 15.0. The van der Waals surface area contributed by atoms with Crippen molar-refractivity contribution in [3.8, 4) is 51.7 Å². The molecule has 0 aromatic heterocycles. The van der Waals surface area contributed by atoms with Crippen LogP contribution in [0.15, 0.2) is 211 Å². The molecule has 0 aliphatic carbocycles. The molecule has 0 bridgehead atoms. The number of ether oxygens (including phenoxy) is 9. The van der Waals surface area contributed by atoms with E-state index in [2.05, 4.69) is 152 Å². The lowest BCUT2D eigenvalue weighted by Gasteiger charge is -2.28. The van der Waals surface area contributed by atoms with Gasteiger partial charge >= 0.3 is 0 Å². The van der Waals surface area contributed by atoms with E-state index in [-0.39, 0.29) is 22.2 Å². The average Bonchev–Trinajstić information content (AvgIpc) is 2.71. The van der Waals surface area contributed by atoms with Crippen molar-refractivity contribution in [1.82, 2.24) is 0 Å². The Bertz CT molecular complexity index is 3610. The van der Waals surface area contributed by atoms with Crippen LogP contribution in [0.4, 0.5) is 5.69 Å². The molecule has 88 heavy (non-hydrogen) atoms. The Morgan fingerprint density at radius 2 is 0.750 bits per heavy atom. The minimum atomic E-state index is -0.0725. The first-order chi connectivity index (χ1) is 42.3. The smallest absolute Gasteiger partial charge is 0.165 e. The van der Waals surface area contributed by atoms with Gasteiger partial charge in [0.25, 0.3) is 0 Å². The highest BCUT2D eigenvalue weighted by molar-refractivity contribution is 5.87. The van der Waals surface area contributed by atoms with Crippen LogP contribution >= 0.6 is 0 Å². The first kappa shape index (κ1) is 66.4. The van der Waals surface area contributed by atoms with Crippen LogP contribution in [0.1, 0.15) is 124 Å². The van der Waals surface area contributed by atoms with Crippen molar-refractivity contribution in [1.29, 1.82) is 0 Å². The molecule has 1 unspecified atom stereocenters. The first-order valence-electron chi connectivity index (χ1n) is 29.8. The number of hydrogen-bond donors (Lipinski definition) is 0. The highest BCUT2D eigenvalue weighted by Gasteiger charge is 2.28. The van der Waals surface area contributed by atoms with Gasteiger partial charge in [0, 0.05) is 34.4 Å². The highest BCUT2D eigenvalue weighted by Crippen LogP contribution is 2.43. The lowest BCUT2D eigenvalue weighted by molar-refractivity contribution is 0.276. The fraction of sp³-hybridized carbons (Fsp3) is 0.295. The quantitative estimate of drug-likeness (QED) is 0.0652. The highest BCUT2D eigenvalue weighted by atomic mass is 16.5. The maximum absolute atomic E-state index is 6.68. The van der Waals surface area contributed by atoms with Crippen LogP contribution in [0.2, 0.25) is 0 Å². The molecule has 0 N–H and O–H groups in total. The fourth-order valence-electron chi connectivity index (χ4n) is 10.1. The van der Waals surface area contributed by atoms with Crippen LogP contribution in [0.3, 0.4) is 0 Å². The molecule has 1 atom stereocenters. The second-order valence-electron chi connectivity index (χ2n) is 24.4. The average molecular weight is 1180 g/mol. The normalized spacial score (nSPS) is 11.7. The van der Waals surface area contributed by atoms with Crippen molar-refractivity contribution in [2.24, 2.45) is 4.99 Å². The predicted octanol–water partition coefficient (Wildman–Crippen LogP) is 18.9. The Morgan fingerprint density at radius 3 is 1.24 bits per heavy atom.